The van der Waals surface area contributed by atoms with E-state index >= 15 is 0 Å². The number of hydrogen-bond acceptors (Lipinski definition) is 5. The fourth-order valence-electron chi connectivity index (χ4n) is 5.25. The fraction of sp³-hybridized carbons (Fsp3) is 0.536. The van der Waals surface area contributed by atoms with Crippen molar-refractivity contribution in [2.24, 2.45) is 0 Å². The van der Waals surface area contributed by atoms with Gasteiger partial charge in [0.25, 0.3) is 5.91 Å². The second-order valence-electron chi connectivity index (χ2n) is 10.3. The predicted molar refractivity (Wildman–Crippen MR) is 136 cm³/mol. The first-order valence-electron chi connectivity index (χ1n) is 13.2. The zero-order valence-electron chi connectivity index (χ0n) is 22.5. The Kier molecular flexibility index (Phi) is 9.93. The zero-order chi connectivity index (χ0) is 29.8. The second kappa shape index (κ2) is 13.1. The van der Waals surface area contributed by atoms with Gasteiger partial charge < -0.3 is 14.4 Å². The summed E-state index contributed by atoms with van der Waals surface area (Å²) < 4.78 is 105. The molecule has 41 heavy (non-hydrogen) atoms. The molecule has 2 fully saturated rings. The van der Waals surface area contributed by atoms with Crippen LogP contribution in [0.5, 0.6) is 0 Å². The predicted octanol–water partition coefficient (Wildman–Crippen LogP) is 4.58. The third-order valence-electron chi connectivity index (χ3n) is 7.35. The van der Waals surface area contributed by atoms with E-state index in [2.05, 4.69) is 9.80 Å². The Morgan fingerprint density at radius 1 is 0.902 bits per heavy atom. The van der Waals surface area contributed by atoms with Gasteiger partial charge in [-0.25, -0.2) is 4.39 Å². The Morgan fingerprint density at radius 3 is 2.10 bits per heavy atom. The molecule has 2 aliphatic rings. The summed E-state index contributed by atoms with van der Waals surface area (Å²) in [4.78, 5) is 19.2. The average molecular weight is 592 g/mol. The molecular formula is C28H32F7N3O3. The molecule has 0 unspecified atom stereocenters. The van der Waals surface area contributed by atoms with Gasteiger partial charge in [0.15, 0.2) is 0 Å². The van der Waals surface area contributed by atoms with Gasteiger partial charge in [0, 0.05) is 64.5 Å². The molecule has 0 aromatic heterocycles. The van der Waals surface area contributed by atoms with Crippen molar-refractivity contribution >= 4 is 5.91 Å². The van der Waals surface area contributed by atoms with Crippen molar-refractivity contribution in [2.75, 3.05) is 66.1 Å². The first-order chi connectivity index (χ1) is 19.3. The van der Waals surface area contributed by atoms with E-state index in [1.807, 2.05) is 0 Å². The van der Waals surface area contributed by atoms with Gasteiger partial charge in [-0.3, -0.25) is 14.6 Å². The highest BCUT2D eigenvalue weighted by Gasteiger charge is 2.39. The number of piperazine rings is 1. The molecule has 1 amide bonds. The summed E-state index contributed by atoms with van der Waals surface area (Å²) in [6, 6.07) is 6.00. The van der Waals surface area contributed by atoms with Crippen molar-refractivity contribution in [2.45, 2.75) is 30.9 Å². The standard InChI is InChI=1S/C28H32F7N3O3/c1-40-18-25-17-37(10-11-41-25)7-6-36-8-9-38(24(16-36)12-19-2-4-23(29)5-3-19)26(39)20-13-21(27(30,31)32)15-22(14-20)28(33,34)35/h2-5,13-15,24-25H,6-12,16-18H2,1H3/t24-,25+/m1/s1. The number of morpholine rings is 1. The summed E-state index contributed by atoms with van der Waals surface area (Å²) in [6.07, 6.45) is -9.92. The topological polar surface area (TPSA) is 45.2 Å². The minimum atomic E-state index is -5.07. The number of hydrogen-bond donors (Lipinski definition) is 0. The lowest BCUT2D eigenvalue weighted by molar-refractivity contribution is -0.143. The molecule has 2 aromatic carbocycles. The summed E-state index contributed by atoms with van der Waals surface area (Å²) in [6.45, 7) is 4.69. The average Bonchev–Trinajstić information content (AvgIpc) is 2.92. The van der Waals surface area contributed by atoms with E-state index in [4.69, 9.17) is 9.47 Å². The Balaban J connectivity index is 1.54. The molecule has 2 atom stereocenters. The second-order valence-corrected chi connectivity index (χ2v) is 10.3. The Morgan fingerprint density at radius 2 is 1.51 bits per heavy atom. The fourth-order valence-corrected chi connectivity index (χ4v) is 5.25. The highest BCUT2D eigenvalue weighted by Crippen LogP contribution is 2.37. The van der Waals surface area contributed by atoms with Gasteiger partial charge in [0.1, 0.15) is 5.82 Å². The number of alkyl halides is 6. The maximum absolute atomic E-state index is 13.5. The molecule has 2 heterocycles. The molecule has 0 N–H and O–H groups in total. The lowest BCUT2D eigenvalue weighted by Gasteiger charge is -2.43. The van der Waals surface area contributed by atoms with Gasteiger partial charge in [-0.05, 0) is 42.3 Å². The minimum Gasteiger partial charge on any atom is -0.382 e. The van der Waals surface area contributed by atoms with Crippen LogP contribution in [0, 0.1) is 5.82 Å². The van der Waals surface area contributed by atoms with Gasteiger partial charge in [0.2, 0.25) is 0 Å². The molecule has 6 nitrogen and oxygen atoms in total. The van der Waals surface area contributed by atoms with Crippen LogP contribution in [-0.2, 0) is 28.2 Å². The zero-order valence-corrected chi connectivity index (χ0v) is 22.5. The van der Waals surface area contributed by atoms with Crippen molar-refractivity contribution in [1.29, 1.82) is 0 Å². The van der Waals surface area contributed by atoms with Crippen LogP contribution < -0.4 is 0 Å². The van der Waals surface area contributed by atoms with Crippen LogP contribution >= 0.6 is 0 Å². The molecular weight excluding hydrogens is 559 g/mol. The first kappa shape index (κ1) is 31.2. The van der Waals surface area contributed by atoms with E-state index < -0.39 is 46.8 Å². The molecule has 0 spiro atoms. The molecule has 0 radical (unpaired) electrons. The molecule has 2 saturated heterocycles. The number of rotatable bonds is 8. The molecule has 13 heteroatoms. The number of benzene rings is 2. The molecule has 2 aromatic rings. The van der Waals surface area contributed by atoms with Crippen LogP contribution in [0.1, 0.15) is 27.0 Å². The van der Waals surface area contributed by atoms with Gasteiger partial charge >= 0.3 is 12.4 Å². The van der Waals surface area contributed by atoms with E-state index in [9.17, 15) is 35.5 Å². The number of halogens is 7. The summed E-state index contributed by atoms with van der Waals surface area (Å²) >= 11 is 0. The van der Waals surface area contributed by atoms with E-state index in [1.165, 1.54) is 17.0 Å². The van der Waals surface area contributed by atoms with E-state index in [-0.39, 0.29) is 25.1 Å². The quantitative estimate of drug-likeness (QED) is 0.421. The third-order valence-corrected chi connectivity index (χ3v) is 7.35. The summed E-state index contributed by atoms with van der Waals surface area (Å²) in [5.41, 5.74) is -3.07. The highest BCUT2D eigenvalue weighted by molar-refractivity contribution is 5.95. The number of methoxy groups -OCH3 is 1. The SMILES string of the molecule is COC[C@@H]1CN(CCN2CCN(C(=O)c3cc(C(F)(F)F)cc(C(F)(F)F)c3)[C@H](Cc3ccc(F)cc3)C2)CCO1. The van der Waals surface area contributed by atoms with Crippen molar-refractivity contribution in [1.82, 2.24) is 14.7 Å². The summed E-state index contributed by atoms with van der Waals surface area (Å²) in [7, 11) is 1.60. The largest absolute Gasteiger partial charge is 0.416 e. The van der Waals surface area contributed by atoms with Crippen LogP contribution in [0.25, 0.3) is 0 Å². The maximum Gasteiger partial charge on any atom is 0.416 e. The van der Waals surface area contributed by atoms with Crippen LogP contribution in [0.15, 0.2) is 42.5 Å². The molecule has 0 bridgehead atoms. The number of nitrogens with zero attached hydrogens (tertiary/aromatic N) is 3. The van der Waals surface area contributed by atoms with Crippen molar-refractivity contribution in [3.8, 4) is 0 Å². The lowest BCUT2D eigenvalue weighted by atomic mass is 9.99. The van der Waals surface area contributed by atoms with E-state index in [0.717, 1.165) is 6.54 Å². The van der Waals surface area contributed by atoms with Crippen LogP contribution in [-0.4, -0.2) is 98.9 Å². The van der Waals surface area contributed by atoms with Gasteiger partial charge in [-0.2, -0.15) is 26.3 Å². The third kappa shape index (κ3) is 8.40. The van der Waals surface area contributed by atoms with E-state index in [0.29, 0.717) is 63.6 Å². The molecule has 0 saturated carbocycles. The van der Waals surface area contributed by atoms with Gasteiger partial charge in [-0.1, -0.05) is 12.1 Å². The van der Waals surface area contributed by atoms with E-state index in [1.54, 1.807) is 19.2 Å². The van der Waals surface area contributed by atoms with Gasteiger partial charge in [-0.15, -0.1) is 0 Å². The maximum atomic E-state index is 13.5. The van der Waals surface area contributed by atoms with Crippen molar-refractivity contribution in [3.05, 3.63) is 70.5 Å². The van der Waals surface area contributed by atoms with Crippen molar-refractivity contribution < 1.29 is 45.0 Å². The van der Waals surface area contributed by atoms with Crippen LogP contribution in [0.3, 0.4) is 0 Å². The Labute approximate surface area is 233 Å². The lowest BCUT2D eigenvalue weighted by Crippen LogP contribution is -2.57. The normalized spacial score (nSPS) is 21.3. The molecule has 2 aliphatic heterocycles. The van der Waals surface area contributed by atoms with Crippen LogP contribution in [0.2, 0.25) is 0 Å². The first-order valence-corrected chi connectivity index (χ1v) is 13.2. The number of ether oxygens (including phenoxy) is 2. The molecule has 0 aliphatic carbocycles. The molecule has 4 rings (SSSR count). The number of carbonyl (C=O) groups excluding carboxylic acids is 1. The monoisotopic (exact) mass is 591 g/mol. The number of carbonyl (C=O) groups is 1. The summed E-state index contributed by atoms with van der Waals surface area (Å²) in [5, 5.41) is 0. The molecule has 226 valence electrons. The number of amides is 1. The smallest absolute Gasteiger partial charge is 0.382 e. The summed E-state index contributed by atoms with van der Waals surface area (Å²) in [5.74, 6) is -1.36. The minimum absolute atomic E-state index is 0.00748. The van der Waals surface area contributed by atoms with Crippen LogP contribution in [0.4, 0.5) is 30.7 Å². The Bertz CT molecular complexity index is 1140. The highest BCUT2D eigenvalue weighted by atomic mass is 19.4. The Hall–Kier alpha value is -2.74. The van der Waals surface area contributed by atoms with Crippen molar-refractivity contribution in [3.63, 3.8) is 0 Å². The van der Waals surface area contributed by atoms with Gasteiger partial charge in [0.05, 0.1) is 30.4 Å².